The van der Waals surface area contributed by atoms with Crippen molar-refractivity contribution in [1.82, 2.24) is 10.6 Å². The predicted octanol–water partition coefficient (Wildman–Crippen LogP) is 3.13. The van der Waals surface area contributed by atoms with E-state index in [0.29, 0.717) is 5.92 Å². The van der Waals surface area contributed by atoms with E-state index < -0.39 is 0 Å². The first-order chi connectivity index (χ1) is 9.89. The van der Waals surface area contributed by atoms with Gasteiger partial charge in [-0.2, -0.15) is 0 Å². The molecule has 0 radical (unpaired) electrons. The number of thiophene rings is 1. The Bertz CT molecular complexity index is 475. The van der Waals surface area contributed by atoms with E-state index in [2.05, 4.69) is 50.5 Å². The Hall–Kier alpha value is -0.870. The molecule has 0 aliphatic carbocycles. The number of nitrogens with one attached hydrogen (secondary N) is 2. The fourth-order valence-corrected chi connectivity index (χ4v) is 4.03. The van der Waals surface area contributed by atoms with Crippen molar-refractivity contribution >= 4 is 17.2 Å². The molecule has 1 aromatic heterocycles. The van der Waals surface area contributed by atoms with Gasteiger partial charge < -0.3 is 10.6 Å². The summed E-state index contributed by atoms with van der Waals surface area (Å²) < 4.78 is 0. The molecule has 3 nitrogen and oxygen atoms in total. The average molecular weight is 308 g/mol. The van der Waals surface area contributed by atoms with E-state index in [1.807, 2.05) is 11.3 Å². The monoisotopic (exact) mass is 308 g/mol. The smallest absolute Gasteiger partial charge is 0.226 e. The SMILES string of the molecule is Cc1ccc(CC(C)NC(=O)C(C)(C)C2CCCNC2)s1. The molecule has 2 rings (SSSR count). The second kappa shape index (κ2) is 6.93. The Morgan fingerprint density at radius 1 is 1.52 bits per heavy atom. The van der Waals surface area contributed by atoms with Gasteiger partial charge in [-0.15, -0.1) is 11.3 Å². The molecule has 0 aromatic carbocycles. The van der Waals surface area contributed by atoms with Gasteiger partial charge in [0, 0.05) is 27.6 Å². The summed E-state index contributed by atoms with van der Waals surface area (Å²) in [5.74, 6) is 0.624. The van der Waals surface area contributed by atoms with Gasteiger partial charge in [-0.3, -0.25) is 4.79 Å². The van der Waals surface area contributed by atoms with Gasteiger partial charge >= 0.3 is 0 Å². The van der Waals surface area contributed by atoms with Gasteiger partial charge in [0.1, 0.15) is 0 Å². The van der Waals surface area contributed by atoms with Gasteiger partial charge in [-0.25, -0.2) is 0 Å². The van der Waals surface area contributed by atoms with Gasteiger partial charge in [0.25, 0.3) is 0 Å². The van der Waals surface area contributed by atoms with E-state index in [1.54, 1.807) is 0 Å². The van der Waals surface area contributed by atoms with Crippen LogP contribution in [0.3, 0.4) is 0 Å². The second-order valence-corrected chi connectivity index (χ2v) is 8.23. The standard InChI is InChI=1S/C17H28N2OS/c1-12(10-15-8-7-13(2)21-15)19-16(20)17(3,4)14-6-5-9-18-11-14/h7-8,12,14,18H,5-6,9-11H2,1-4H3,(H,19,20). The highest BCUT2D eigenvalue weighted by Crippen LogP contribution is 2.32. The van der Waals surface area contributed by atoms with E-state index in [9.17, 15) is 4.79 Å². The van der Waals surface area contributed by atoms with Crippen LogP contribution in [0.4, 0.5) is 0 Å². The third-order valence-electron chi connectivity index (χ3n) is 4.58. The van der Waals surface area contributed by atoms with Crippen molar-refractivity contribution in [1.29, 1.82) is 0 Å². The molecule has 2 N–H and O–H groups in total. The molecule has 1 amide bonds. The molecule has 2 unspecified atom stereocenters. The maximum atomic E-state index is 12.6. The largest absolute Gasteiger partial charge is 0.353 e. The third-order valence-corrected chi connectivity index (χ3v) is 5.61. The minimum Gasteiger partial charge on any atom is -0.353 e. The first-order valence-corrected chi connectivity index (χ1v) is 8.78. The molecule has 0 spiro atoms. The lowest BCUT2D eigenvalue weighted by Gasteiger charge is -2.36. The maximum Gasteiger partial charge on any atom is 0.226 e. The van der Waals surface area contributed by atoms with Crippen LogP contribution in [0.25, 0.3) is 0 Å². The highest BCUT2D eigenvalue weighted by Gasteiger charge is 2.37. The number of carbonyl (C=O) groups excluding carboxylic acids is 1. The minimum atomic E-state index is -0.299. The molecular weight excluding hydrogens is 280 g/mol. The Kier molecular flexibility index (Phi) is 5.44. The third kappa shape index (κ3) is 4.30. The molecule has 2 atom stereocenters. The predicted molar refractivity (Wildman–Crippen MR) is 89.7 cm³/mol. The lowest BCUT2D eigenvalue weighted by atomic mass is 9.74. The van der Waals surface area contributed by atoms with Gasteiger partial charge in [0.15, 0.2) is 0 Å². The van der Waals surface area contributed by atoms with E-state index in [4.69, 9.17) is 0 Å². The molecule has 1 aliphatic rings. The van der Waals surface area contributed by atoms with Crippen LogP contribution in [0.5, 0.6) is 0 Å². The van der Waals surface area contributed by atoms with Crippen molar-refractivity contribution in [3.05, 3.63) is 21.9 Å². The molecule has 1 saturated heterocycles. The minimum absolute atomic E-state index is 0.186. The van der Waals surface area contributed by atoms with E-state index in [-0.39, 0.29) is 17.4 Å². The molecule has 1 aliphatic heterocycles. The first kappa shape index (κ1) is 16.5. The maximum absolute atomic E-state index is 12.6. The Labute approximate surface area is 132 Å². The molecule has 0 bridgehead atoms. The molecule has 118 valence electrons. The fraction of sp³-hybridized carbons (Fsp3) is 0.706. The summed E-state index contributed by atoms with van der Waals surface area (Å²) in [5.41, 5.74) is -0.299. The van der Waals surface area contributed by atoms with Crippen LogP contribution in [0.2, 0.25) is 0 Å². The molecule has 4 heteroatoms. The summed E-state index contributed by atoms with van der Waals surface area (Å²) in [6.07, 6.45) is 3.24. The van der Waals surface area contributed by atoms with E-state index in [0.717, 1.165) is 25.9 Å². The highest BCUT2D eigenvalue weighted by atomic mass is 32.1. The second-order valence-electron chi connectivity index (χ2n) is 6.86. The van der Waals surface area contributed by atoms with Crippen molar-refractivity contribution < 1.29 is 4.79 Å². The van der Waals surface area contributed by atoms with Crippen molar-refractivity contribution in [2.75, 3.05) is 13.1 Å². The highest BCUT2D eigenvalue weighted by molar-refractivity contribution is 7.11. The van der Waals surface area contributed by atoms with Crippen LogP contribution in [0, 0.1) is 18.3 Å². The molecule has 0 saturated carbocycles. The summed E-state index contributed by atoms with van der Waals surface area (Å²) in [6.45, 7) is 10.4. The van der Waals surface area contributed by atoms with Crippen molar-refractivity contribution in [3.8, 4) is 0 Å². The van der Waals surface area contributed by atoms with Gasteiger partial charge in [0.05, 0.1) is 0 Å². The average Bonchev–Trinajstić information content (AvgIpc) is 2.84. The zero-order chi connectivity index (χ0) is 15.5. The zero-order valence-electron chi connectivity index (χ0n) is 13.7. The number of hydrogen-bond donors (Lipinski definition) is 2. The first-order valence-electron chi connectivity index (χ1n) is 7.96. The van der Waals surface area contributed by atoms with E-state index >= 15 is 0 Å². The van der Waals surface area contributed by atoms with Gasteiger partial charge in [-0.1, -0.05) is 13.8 Å². The Morgan fingerprint density at radius 3 is 2.86 bits per heavy atom. The summed E-state index contributed by atoms with van der Waals surface area (Å²) in [7, 11) is 0. The van der Waals surface area contributed by atoms with Gasteiger partial charge in [0.2, 0.25) is 5.91 Å². The van der Waals surface area contributed by atoms with Gasteiger partial charge in [-0.05, 0) is 57.8 Å². The molecule has 1 fully saturated rings. The number of carbonyl (C=O) groups is 1. The normalized spacial score (nSPS) is 21.0. The summed E-state index contributed by atoms with van der Waals surface area (Å²) in [4.78, 5) is 15.3. The van der Waals surface area contributed by atoms with Crippen molar-refractivity contribution in [3.63, 3.8) is 0 Å². The summed E-state index contributed by atoms with van der Waals surface area (Å²) in [5, 5.41) is 6.63. The summed E-state index contributed by atoms with van der Waals surface area (Å²) in [6, 6.07) is 4.50. The number of hydrogen-bond acceptors (Lipinski definition) is 3. The number of amides is 1. The van der Waals surface area contributed by atoms with Crippen LogP contribution in [-0.2, 0) is 11.2 Å². The Morgan fingerprint density at radius 2 is 2.29 bits per heavy atom. The van der Waals surface area contributed by atoms with E-state index in [1.165, 1.54) is 16.2 Å². The number of rotatable bonds is 5. The summed E-state index contributed by atoms with van der Waals surface area (Å²) >= 11 is 1.82. The molecule has 1 aromatic rings. The van der Waals surface area contributed by atoms with Crippen LogP contribution in [0.15, 0.2) is 12.1 Å². The fourth-order valence-electron chi connectivity index (χ4n) is 3.01. The van der Waals surface area contributed by atoms with Crippen molar-refractivity contribution in [2.45, 2.75) is 53.0 Å². The quantitative estimate of drug-likeness (QED) is 0.877. The van der Waals surface area contributed by atoms with Crippen LogP contribution in [0.1, 0.15) is 43.4 Å². The zero-order valence-corrected chi connectivity index (χ0v) is 14.5. The topological polar surface area (TPSA) is 41.1 Å². The van der Waals surface area contributed by atoms with Crippen LogP contribution < -0.4 is 10.6 Å². The molecular formula is C17H28N2OS. The number of piperidine rings is 1. The Balaban J connectivity index is 1.89. The van der Waals surface area contributed by atoms with Crippen LogP contribution >= 0.6 is 11.3 Å². The lowest BCUT2D eigenvalue weighted by molar-refractivity contribution is -0.133. The van der Waals surface area contributed by atoms with Crippen LogP contribution in [-0.4, -0.2) is 25.0 Å². The number of aryl methyl sites for hydroxylation is 1. The molecule has 21 heavy (non-hydrogen) atoms. The molecule has 2 heterocycles. The lowest BCUT2D eigenvalue weighted by Crippen LogP contribution is -2.49. The van der Waals surface area contributed by atoms with Crippen molar-refractivity contribution in [2.24, 2.45) is 11.3 Å².